The molecule has 1 heterocycles. The van der Waals surface area contributed by atoms with E-state index >= 15 is 0 Å². The van der Waals surface area contributed by atoms with Crippen LogP contribution < -0.4 is 0 Å². The van der Waals surface area contributed by atoms with Crippen molar-refractivity contribution in [3.8, 4) is 44.8 Å². The van der Waals surface area contributed by atoms with Gasteiger partial charge in [0.2, 0.25) is 0 Å². The topological polar surface area (TPSA) is 25.8 Å². The molecule has 6 aromatic carbocycles. The van der Waals surface area contributed by atoms with Crippen molar-refractivity contribution < 1.29 is 0 Å². The first-order valence-corrected chi connectivity index (χ1v) is 12.3. The maximum atomic E-state index is 4.97. The van der Waals surface area contributed by atoms with Crippen LogP contribution in [0, 0.1) is 0 Å². The van der Waals surface area contributed by atoms with Crippen molar-refractivity contribution in [2.24, 2.45) is 0 Å². The van der Waals surface area contributed by atoms with E-state index in [9.17, 15) is 0 Å². The summed E-state index contributed by atoms with van der Waals surface area (Å²) in [6.45, 7) is 0. The zero-order valence-corrected chi connectivity index (χ0v) is 19.4. The Labute approximate surface area is 208 Å². The van der Waals surface area contributed by atoms with Gasteiger partial charge in [0.05, 0.1) is 0 Å². The van der Waals surface area contributed by atoms with Crippen molar-refractivity contribution in [1.82, 2.24) is 10.2 Å². The van der Waals surface area contributed by atoms with Gasteiger partial charge in [0, 0.05) is 21.9 Å². The summed E-state index contributed by atoms with van der Waals surface area (Å²) >= 11 is 0. The predicted octanol–water partition coefficient (Wildman–Crippen LogP) is 8.92. The Kier molecular flexibility index (Phi) is 3.97. The van der Waals surface area contributed by atoms with Crippen LogP contribution in [0.1, 0.15) is 0 Å². The lowest BCUT2D eigenvalue weighted by Crippen LogP contribution is -1.96. The van der Waals surface area contributed by atoms with Gasteiger partial charge in [-0.1, -0.05) is 121 Å². The molecule has 0 spiro atoms. The first kappa shape index (κ1) is 19.5. The molecule has 1 aromatic heterocycles. The van der Waals surface area contributed by atoms with E-state index in [4.69, 9.17) is 10.2 Å². The van der Waals surface area contributed by atoms with Crippen LogP contribution in [0.4, 0.5) is 0 Å². The minimum Gasteiger partial charge on any atom is -0.149 e. The molecule has 0 amide bonds. The zero-order chi connectivity index (χ0) is 23.6. The largest absolute Gasteiger partial charge is 0.149 e. The van der Waals surface area contributed by atoms with Crippen molar-refractivity contribution in [3.63, 3.8) is 0 Å². The minimum atomic E-state index is 0.934. The fourth-order valence-corrected chi connectivity index (χ4v) is 5.92. The second kappa shape index (κ2) is 7.34. The summed E-state index contributed by atoms with van der Waals surface area (Å²) in [6, 6.07) is 43.2. The fourth-order valence-electron chi connectivity index (χ4n) is 5.92. The standard InChI is InChI=1S/C34H20N2/c1-2-9-22(10-3-1)26-19-20-28-27-18-17-23-12-5-7-15-25(23)30(27)34-32(28)31(26)33(35-36-34)29-16-8-13-21-11-4-6-14-24(21)29/h1-20H. The van der Waals surface area contributed by atoms with Gasteiger partial charge in [0.1, 0.15) is 11.4 Å². The molecule has 0 radical (unpaired) electrons. The number of benzene rings is 6. The number of nitrogens with zero attached hydrogens (tertiary/aromatic N) is 2. The summed E-state index contributed by atoms with van der Waals surface area (Å²) in [7, 11) is 0. The summed E-state index contributed by atoms with van der Waals surface area (Å²) in [4.78, 5) is 0. The zero-order valence-electron chi connectivity index (χ0n) is 19.4. The fraction of sp³-hybridized carbons (Fsp3) is 0. The van der Waals surface area contributed by atoms with Crippen molar-refractivity contribution in [2.45, 2.75) is 0 Å². The van der Waals surface area contributed by atoms with Gasteiger partial charge in [-0.25, -0.2) is 0 Å². The van der Waals surface area contributed by atoms with E-state index in [1.807, 2.05) is 0 Å². The molecule has 0 atom stereocenters. The second-order valence-corrected chi connectivity index (χ2v) is 9.41. The van der Waals surface area contributed by atoms with E-state index in [0.29, 0.717) is 0 Å². The third kappa shape index (κ3) is 2.61. The van der Waals surface area contributed by atoms with E-state index in [1.54, 1.807) is 0 Å². The molecular weight excluding hydrogens is 436 g/mol. The van der Waals surface area contributed by atoms with Crippen molar-refractivity contribution in [1.29, 1.82) is 0 Å². The molecule has 0 bridgehead atoms. The Morgan fingerprint density at radius 3 is 1.83 bits per heavy atom. The van der Waals surface area contributed by atoms with Crippen LogP contribution in [-0.2, 0) is 0 Å². The number of rotatable bonds is 2. The molecule has 0 saturated carbocycles. The molecule has 166 valence electrons. The molecule has 0 N–H and O–H groups in total. The molecule has 2 heteroatoms. The summed E-state index contributed by atoms with van der Waals surface area (Å²) < 4.78 is 0. The number of hydrogen-bond donors (Lipinski definition) is 0. The summed E-state index contributed by atoms with van der Waals surface area (Å²) in [5.41, 5.74) is 9.06. The maximum absolute atomic E-state index is 4.97. The number of aromatic nitrogens is 2. The van der Waals surface area contributed by atoms with Crippen LogP contribution >= 0.6 is 0 Å². The highest BCUT2D eigenvalue weighted by Gasteiger charge is 2.28. The number of fused-ring (bicyclic) bond motifs is 6. The molecule has 7 aromatic rings. The van der Waals surface area contributed by atoms with Crippen molar-refractivity contribution in [2.75, 3.05) is 0 Å². The Morgan fingerprint density at radius 2 is 0.972 bits per heavy atom. The molecule has 1 aliphatic carbocycles. The van der Waals surface area contributed by atoms with Crippen LogP contribution in [0.5, 0.6) is 0 Å². The van der Waals surface area contributed by atoms with E-state index in [1.165, 1.54) is 60.1 Å². The van der Waals surface area contributed by atoms with Gasteiger partial charge in [-0.05, 0) is 43.8 Å². The Balaban J connectivity index is 1.56. The van der Waals surface area contributed by atoms with Crippen LogP contribution in [-0.4, -0.2) is 10.2 Å². The van der Waals surface area contributed by atoms with Gasteiger partial charge in [0.25, 0.3) is 0 Å². The second-order valence-electron chi connectivity index (χ2n) is 9.41. The van der Waals surface area contributed by atoms with Gasteiger partial charge in [0.15, 0.2) is 0 Å². The molecule has 36 heavy (non-hydrogen) atoms. The highest BCUT2D eigenvalue weighted by Crippen LogP contribution is 2.52. The molecule has 0 aliphatic heterocycles. The molecular formula is C34H20N2. The van der Waals surface area contributed by atoms with Gasteiger partial charge >= 0.3 is 0 Å². The maximum Gasteiger partial charge on any atom is 0.103 e. The van der Waals surface area contributed by atoms with Crippen LogP contribution in [0.3, 0.4) is 0 Å². The van der Waals surface area contributed by atoms with Gasteiger partial charge in [-0.3, -0.25) is 0 Å². The first-order valence-electron chi connectivity index (χ1n) is 12.3. The lowest BCUT2D eigenvalue weighted by Gasteiger charge is -2.14. The molecule has 1 aliphatic rings. The highest BCUT2D eigenvalue weighted by molar-refractivity contribution is 6.25. The average Bonchev–Trinajstić information content (AvgIpc) is 3.29. The Bertz CT molecular complexity index is 1980. The highest BCUT2D eigenvalue weighted by atomic mass is 15.1. The van der Waals surface area contributed by atoms with Gasteiger partial charge < -0.3 is 0 Å². The first-order chi connectivity index (χ1) is 17.9. The quantitative estimate of drug-likeness (QED) is 0.259. The van der Waals surface area contributed by atoms with Crippen molar-refractivity contribution >= 4 is 32.3 Å². The summed E-state index contributed by atoms with van der Waals surface area (Å²) in [5.74, 6) is 0. The molecule has 0 saturated heterocycles. The van der Waals surface area contributed by atoms with Crippen LogP contribution in [0.25, 0.3) is 77.1 Å². The Morgan fingerprint density at radius 1 is 0.361 bits per heavy atom. The average molecular weight is 457 g/mol. The van der Waals surface area contributed by atoms with E-state index in [0.717, 1.165) is 17.0 Å². The monoisotopic (exact) mass is 456 g/mol. The lowest BCUT2D eigenvalue weighted by molar-refractivity contribution is 1.07. The molecule has 0 fully saturated rings. The predicted molar refractivity (Wildman–Crippen MR) is 150 cm³/mol. The number of hydrogen-bond acceptors (Lipinski definition) is 2. The van der Waals surface area contributed by atoms with Crippen LogP contribution in [0.2, 0.25) is 0 Å². The summed E-state index contributed by atoms with van der Waals surface area (Å²) in [6.07, 6.45) is 0. The lowest BCUT2D eigenvalue weighted by atomic mass is 9.91. The normalized spacial score (nSPS) is 11.9. The van der Waals surface area contributed by atoms with E-state index < -0.39 is 0 Å². The van der Waals surface area contributed by atoms with Gasteiger partial charge in [-0.15, -0.1) is 10.2 Å². The third-order valence-electron chi connectivity index (χ3n) is 7.51. The Hall–Kier alpha value is -4.82. The van der Waals surface area contributed by atoms with Crippen LogP contribution in [0.15, 0.2) is 121 Å². The summed E-state index contributed by atoms with van der Waals surface area (Å²) in [5, 5.41) is 17.1. The van der Waals surface area contributed by atoms with Crippen molar-refractivity contribution in [3.05, 3.63) is 121 Å². The van der Waals surface area contributed by atoms with Gasteiger partial charge in [-0.2, -0.15) is 0 Å². The third-order valence-corrected chi connectivity index (χ3v) is 7.51. The van der Waals surface area contributed by atoms with E-state index in [-0.39, 0.29) is 0 Å². The van der Waals surface area contributed by atoms with E-state index in [2.05, 4.69) is 121 Å². The SMILES string of the molecule is c1ccc(-c2ccc3c4c(nnc(-c5cccc6ccccc56)c24)-c2c-3ccc3ccccc23)cc1. The molecule has 8 rings (SSSR count). The smallest absolute Gasteiger partial charge is 0.103 e. The molecule has 0 unspecified atom stereocenters. The minimum absolute atomic E-state index is 0.934. The molecule has 2 nitrogen and oxygen atoms in total.